The van der Waals surface area contributed by atoms with E-state index in [1.807, 2.05) is 0 Å². The maximum atomic E-state index is 5.93. The fourth-order valence-electron chi connectivity index (χ4n) is 3.79. The van der Waals surface area contributed by atoms with Gasteiger partial charge in [0.25, 0.3) is 0 Å². The van der Waals surface area contributed by atoms with Gasteiger partial charge in [-0.3, -0.25) is 4.90 Å². The van der Waals surface area contributed by atoms with Crippen LogP contribution in [0.5, 0.6) is 0 Å². The molecule has 0 aromatic heterocycles. The van der Waals surface area contributed by atoms with Crippen LogP contribution in [0.25, 0.3) is 0 Å². The lowest BCUT2D eigenvalue weighted by Crippen LogP contribution is -2.46. The summed E-state index contributed by atoms with van der Waals surface area (Å²) in [5.41, 5.74) is 0. The zero-order valence-electron chi connectivity index (χ0n) is 18.1. The van der Waals surface area contributed by atoms with Gasteiger partial charge in [-0.1, -0.05) is 59.8 Å². The third-order valence-corrected chi connectivity index (χ3v) is 5.22. The number of ether oxygens (including phenoxy) is 2. The lowest BCUT2D eigenvalue weighted by molar-refractivity contribution is -0.0724. The van der Waals surface area contributed by atoms with Crippen LogP contribution in [0.2, 0.25) is 0 Å². The molecule has 1 unspecified atom stereocenters. The minimum Gasteiger partial charge on any atom is -0.379 e. The summed E-state index contributed by atoms with van der Waals surface area (Å²) in [6.07, 6.45) is 10.9. The second-order valence-electron chi connectivity index (χ2n) is 8.29. The lowest BCUT2D eigenvalue weighted by Gasteiger charge is -2.35. The van der Waals surface area contributed by atoms with E-state index in [1.165, 1.54) is 51.5 Å². The van der Waals surface area contributed by atoms with Gasteiger partial charge in [0.1, 0.15) is 0 Å². The first-order valence-electron chi connectivity index (χ1n) is 11.3. The molecule has 0 saturated carbocycles. The van der Waals surface area contributed by atoms with Crippen molar-refractivity contribution in [2.45, 2.75) is 91.2 Å². The summed E-state index contributed by atoms with van der Waals surface area (Å²) in [5, 5.41) is 3.43. The van der Waals surface area contributed by atoms with E-state index in [0.29, 0.717) is 6.04 Å². The number of nitrogens with zero attached hydrogens (tertiary/aromatic N) is 1. The summed E-state index contributed by atoms with van der Waals surface area (Å²) in [6.45, 7) is 15.8. The Morgan fingerprint density at radius 1 is 1.08 bits per heavy atom. The summed E-state index contributed by atoms with van der Waals surface area (Å²) in [7, 11) is 0. The lowest BCUT2D eigenvalue weighted by atomic mass is 9.95. The minimum absolute atomic E-state index is 0.254. The molecule has 1 rings (SSSR count). The Labute approximate surface area is 163 Å². The molecule has 0 amide bonds. The molecule has 1 aliphatic rings. The molecule has 1 aliphatic heterocycles. The van der Waals surface area contributed by atoms with Gasteiger partial charge in [0.2, 0.25) is 0 Å². The van der Waals surface area contributed by atoms with E-state index in [2.05, 4.69) is 37.9 Å². The van der Waals surface area contributed by atoms with Crippen molar-refractivity contribution in [3.05, 3.63) is 0 Å². The summed E-state index contributed by atoms with van der Waals surface area (Å²) in [6, 6.07) is 0.559. The largest absolute Gasteiger partial charge is 0.379 e. The molecule has 0 aromatic carbocycles. The van der Waals surface area contributed by atoms with E-state index in [0.717, 1.165) is 51.8 Å². The molecular weight excluding hydrogens is 324 g/mol. The SMILES string of the molecule is CCCCCCC(CCC)CN1CCO[C@H](COCCCNC(C)C)C1. The van der Waals surface area contributed by atoms with Crippen molar-refractivity contribution in [2.75, 3.05) is 46.0 Å². The number of unbranched alkanes of at least 4 members (excludes halogenated alkanes) is 3. The second kappa shape index (κ2) is 15.9. The fourth-order valence-corrected chi connectivity index (χ4v) is 3.79. The van der Waals surface area contributed by atoms with E-state index < -0.39 is 0 Å². The molecule has 0 bridgehead atoms. The zero-order valence-corrected chi connectivity index (χ0v) is 18.1. The van der Waals surface area contributed by atoms with Gasteiger partial charge in [-0.25, -0.2) is 0 Å². The first-order chi connectivity index (χ1) is 12.7. The first kappa shape index (κ1) is 23.9. The quantitative estimate of drug-likeness (QED) is 0.406. The van der Waals surface area contributed by atoms with Crippen LogP contribution < -0.4 is 5.32 Å². The minimum atomic E-state index is 0.254. The molecule has 1 saturated heterocycles. The summed E-state index contributed by atoms with van der Waals surface area (Å²) >= 11 is 0. The molecule has 1 fully saturated rings. The molecule has 156 valence electrons. The van der Waals surface area contributed by atoms with Crippen molar-refractivity contribution in [3.8, 4) is 0 Å². The summed E-state index contributed by atoms with van der Waals surface area (Å²) < 4.78 is 11.8. The fraction of sp³-hybridized carbons (Fsp3) is 1.00. The molecule has 1 heterocycles. The van der Waals surface area contributed by atoms with Crippen molar-refractivity contribution in [1.82, 2.24) is 10.2 Å². The van der Waals surface area contributed by atoms with E-state index in [-0.39, 0.29) is 6.10 Å². The second-order valence-corrected chi connectivity index (χ2v) is 8.29. The van der Waals surface area contributed by atoms with Crippen LogP contribution in [0.3, 0.4) is 0 Å². The summed E-state index contributed by atoms with van der Waals surface area (Å²) in [5.74, 6) is 0.860. The van der Waals surface area contributed by atoms with Gasteiger partial charge in [0, 0.05) is 32.3 Å². The van der Waals surface area contributed by atoms with Crippen molar-refractivity contribution in [1.29, 1.82) is 0 Å². The molecule has 0 aromatic rings. The van der Waals surface area contributed by atoms with Crippen molar-refractivity contribution >= 4 is 0 Å². The normalized spacial score (nSPS) is 20.0. The highest BCUT2D eigenvalue weighted by Gasteiger charge is 2.22. The molecule has 2 atom stereocenters. The molecule has 0 spiro atoms. The Morgan fingerprint density at radius 3 is 2.65 bits per heavy atom. The Balaban J connectivity index is 2.19. The van der Waals surface area contributed by atoms with Gasteiger partial charge >= 0.3 is 0 Å². The van der Waals surface area contributed by atoms with Crippen LogP contribution in [0.15, 0.2) is 0 Å². The third kappa shape index (κ3) is 12.3. The highest BCUT2D eigenvalue weighted by molar-refractivity contribution is 4.74. The predicted molar refractivity (Wildman–Crippen MR) is 112 cm³/mol. The number of hydrogen-bond donors (Lipinski definition) is 1. The predicted octanol–water partition coefficient (Wildman–Crippen LogP) is 4.48. The Hall–Kier alpha value is -0.160. The Bertz CT molecular complexity index is 313. The van der Waals surface area contributed by atoms with Gasteiger partial charge < -0.3 is 14.8 Å². The molecule has 0 aliphatic carbocycles. The van der Waals surface area contributed by atoms with Crippen molar-refractivity contribution in [2.24, 2.45) is 5.92 Å². The summed E-state index contributed by atoms with van der Waals surface area (Å²) in [4.78, 5) is 2.62. The number of hydrogen-bond acceptors (Lipinski definition) is 4. The number of morpholine rings is 1. The van der Waals surface area contributed by atoms with Gasteiger partial charge in [0.15, 0.2) is 0 Å². The molecule has 1 N–H and O–H groups in total. The van der Waals surface area contributed by atoms with E-state index in [4.69, 9.17) is 9.47 Å². The number of nitrogens with one attached hydrogen (secondary N) is 1. The Morgan fingerprint density at radius 2 is 1.92 bits per heavy atom. The maximum absolute atomic E-state index is 5.93. The molecule has 26 heavy (non-hydrogen) atoms. The Kier molecular flexibility index (Phi) is 14.6. The van der Waals surface area contributed by atoms with Crippen LogP contribution >= 0.6 is 0 Å². The van der Waals surface area contributed by atoms with Gasteiger partial charge in [-0.05, 0) is 31.7 Å². The molecule has 4 heteroatoms. The zero-order chi connectivity index (χ0) is 19.0. The van der Waals surface area contributed by atoms with E-state index in [9.17, 15) is 0 Å². The van der Waals surface area contributed by atoms with Gasteiger partial charge in [-0.2, -0.15) is 0 Å². The van der Waals surface area contributed by atoms with E-state index >= 15 is 0 Å². The van der Waals surface area contributed by atoms with Crippen LogP contribution in [-0.2, 0) is 9.47 Å². The highest BCUT2D eigenvalue weighted by Crippen LogP contribution is 2.19. The van der Waals surface area contributed by atoms with Crippen LogP contribution in [0.4, 0.5) is 0 Å². The average Bonchev–Trinajstić information content (AvgIpc) is 2.62. The van der Waals surface area contributed by atoms with Gasteiger partial charge in [-0.15, -0.1) is 0 Å². The maximum Gasteiger partial charge on any atom is 0.0935 e. The standard InChI is InChI=1S/C22H46N2O2/c1-5-7-8-9-12-21(11-6-2)17-24-14-16-26-22(18-24)19-25-15-10-13-23-20(3)4/h20-23H,5-19H2,1-4H3/t21?,22-/m0/s1. The highest BCUT2D eigenvalue weighted by atomic mass is 16.5. The van der Waals surface area contributed by atoms with Crippen LogP contribution in [0.1, 0.15) is 79.1 Å². The van der Waals surface area contributed by atoms with Gasteiger partial charge in [0.05, 0.1) is 19.3 Å². The molecule has 0 radical (unpaired) electrons. The van der Waals surface area contributed by atoms with Crippen molar-refractivity contribution < 1.29 is 9.47 Å². The average molecular weight is 371 g/mol. The van der Waals surface area contributed by atoms with Crippen LogP contribution in [0, 0.1) is 5.92 Å². The third-order valence-electron chi connectivity index (χ3n) is 5.22. The number of rotatable bonds is 16. The molecule has 4 nitrogen and oxygen atoms in total. The smallest absolute Gasteiger partial charge is 0.0935 e. The monoisotopic (exact) mass is 370 g/mol. The van der Waals surface area contributed by atoms with Crippen LogP contribution in [-0.4, -0.2) is 63.0 Å². The van der Waals surface area contributed by atoms with E-state index in [1.54, 1.807) is 0 Å². The molecular formula is C22H46N2O2. The first-order valence-corrected chi connectivity index (χ1v) is 11.3. The van der Waals surface area contributed by atoms with Crippen molar-refractivity contribution in [3.63, 3.8) is 0 Å². The topological polar surface area (TPSA) is 33.7 Å².